The minimum Gasteiger partial charge on any atom is -0.497 e. The SMILES string of the molecule is COc1cc(/C=C(/C#N)c2nc(C)cs2)cc(OC)c1. The number of methoxy groups -OCH3 is 2. The van der Waals surface area contributed by atoms with E-state index in [2.05, 4.69) is 11.1 Å². The average molecular weight is 286 g/mol. The van der Waals surface area contributed by atoms with E-state index in [0.29, 0.717) is 22.1 Å². The van der Waals surface area contributed by atoms with Crippen LogP contribution in [0.5, 0.6) is 11.5 Å². The zero-order chi connectivity index (χ0) is 14.5. The van der Waals surface area contributed by atoms with Crippen LogP contribution in [0.1, 0.15) is 16.3 Å². The van der Waals surface area contributed by atoms with Gasteiger partial charge in [0, 0.05) is 17.1 Å². The molecule has 1 aromatic carbocycles. The van der Waals surface area contributed by atoms with E-state index in [1.165, 1.54) is 11.3 Å². The van der Waals surface area contributed by atoms with Crippen LogP contribution >= 0.6 is 11.3 Å². The third-order valence-electron chi connectivity index (χ3n) is 2.65. The molecule has 0 saturated heterocycles. The molecule has 0 amide bonds. The number of thiazole rings is 1. The molecule has 0 aliphatic heterocycles. The Labute approximate surface area is 121 Å². The molecule has 5 heteroatoms. The summed E-state index contributed by atoms with van der Waals surface area (Å²) in [6.45, 7) is 1.91. The topological polar surface area (TPSA) is 55.1 Å². The van der Waals surface area contributed by atoms with Crippen molar-refractivity contribution in [2.24, 2.45) is 0 Å². The minimum atomic E-state index is 0.526. The molecule has 0 aliphatic rings. The lowest BCUT2D eigenvalue weighted by molar-refractivity contribution is 0.394. The van der Waals surface area contributed by atoms with Crippen LogP contribution in [0.2, 0.25) is 0 Å². The van der Waals surface area contributed by atoms with Gasteiger partial charge in [0.15, 0.2) is 0 Å². The van der Waals surface area contributed by atoms with Gasteiger partial charge >= 0.3 is 0 Å². The van der Waals surface area contributed by atoms with Gasteiger partial charge in [0.25, 0.3) is 0 Å². The predicted molar refractivity (Wildman–Crippen MR) is 79.9 cm³/mol. The molecule has 1 aromatic heterocycles. The molecule has 1 heterocycles. The molecule has 102 valence electrons. The third kappa shape index (κ3) is 3.16. The fraction of sp³-hybridized carbons (Fsp3) is 0.200. The van der Waals surface area contributed by atoms with Gasteiger partial charge in [-0.05, 0) is 30.7 Å². The zero-order valence-corrected chi connectivity index (χ0v) is 12.3. The van der Waals surface area contributed by atoms with Gasteiger partial charge in [-0.15, -0.1) is 11.3 Å². The second kappa shape index (κ2) is 6.22. The standard InChI is InChI=1S/C15H14N2O2S/c1-10-9-20-15(17-10)12(8-16)4-11-5-13(18-2)7-14(6-11)19-3/h4-7,9H,1-3H3/b12-4-. The molecule has 0 fully saturated rings. The lowest BCUT2D eigenvalue weighted by Crippen LogP contribution is -1.89. The normalized spacial score (nSPS) is 11.0. The third-order valence-corrected chi connectivity index (χ3v) is 3.65. The quantitative estimate of drug-likeness (QED) is 0.807. The summed E-state index contributed by atoms with van der Waals surface area (Å²) < 4.78 is 10.4. The maximum absolute atomic E-state index is 9.29. The van der Waals surface area contributed by atoms with Crippen molar-refractivity contribution < 1.29 is 9.47 Å². The average Bonchev–Trinajstić information content (AvgIpc) is 2.90. The minimum absolute atomic E-state index is 0.526. The number of hydrogen-bond acceptors (Lipinski definition) is 5. The highest BCUT2D eigenvalue weighted by Gasteiger charge is 2.07. The molecular formula is C15H14N2O2S. The van der Waals surface area contributed by atoms with Gasteiger partial charge in [0.1, 0.15) is 22.6 Å². The molecule has 0 radical (unpaired) electrons. The van der Waals surface area contributed by atoms with Crippen molar-refractivity contribution in [3.8, 4) is 17.6 Å². The number of benzene rings is 1. The first-order valence-corrected chi connectivity index (χ1v) is 6.81. The van der Waals surface area contributed by atoms with E-state index >= 15 is 0 Å². The molecule has 0 atom stereocenters. The maximum Gasteiger partial charge on any atom is 0.134 e. The number of ether oxygens (including phenoxy) is 2. The van der Waals surface area contributed by atoms with Crippen LogP contribution in [-0.2, 0) is 0 Å². The molecule has 2 aromatic rings. The van der Waals surface area contributed by atoms with Crippen molar-refractivity contribution in [1.29, 1.82) is 5.26 Å². The van der Waals surface area contributed by atoms with E-state index in [9.17, 15) is 5.26 Å². The molecule has 0 spiro atoms. The van der Waals surface area contributed by atoms with E-state index in [1.807, 2.05) is 24.4 Å². The molecule has 0 saturated carbocycles. The molecule has 0 N–H and O–H groups in total. The van der Waals surface area contributed by atoms with Crippen LogP contribution in [0, 0.1) is 18.3 Å². The van der Waals surface area contributed by atoms with E-state index in [-0.39, 0.29) is 0 Å². The second-order valence-electron chi connectivity index (χ2n) is 4.11. The monoisotopic (exact) mass is 286 g/mol. The first-order valence-electron chi connectivity index (χ1n) is 5.93. The van der Waals surface area contributed by atoms with E-state index in [1.54, 1.807) is 26.4 Å². The van der Waals surface area contributed by atoms with Gasteiger partial charge in [0.05, 0.1) is 19.8 Å². The Kier molecular flexibility index (Phi) is 4.38. The number of hydrogen-bond donors (Lipinski definition) is 0. The smallest absolute Gasteiger partial charge is 0.134 e. The Morgan fingerprint density at radius 3 is 2.35 bits per heavy atom. The van der Waals surface area contributed by atoms with Crippen LogP contribution < -0.4 is 9.47 Å². The van der Waals surface area contributed by atoms with Gasteiger partial charge in [0.2, 0.25) is 0 Å². The number of aryl methyl sites for hydroxylation is 1. The van der Waals surface area contributed by atoms with Crippen LogP contribution in [0.25, 0.3) is 11.6 Å². The molecule has 20 heavy (non-hydrogen) atoms. The predicted octanol–water partition coefficient (Wildman–Crippen LogP) is 3.53. The van der Waals surface area contributed by atoms with E-state index in [0.717, 1.165) is 11.3 Å². The summed E-state index contributed by atoms with van der Waals surface area (Å²) in [6.07, 6.45) is 1.78. The molecule has 0 aliphatic carbocycles. The number of nitriles is 1. The summed E-state index contributed by atoms with van der Waals surface area (Å²) in [6, 6.07) is 7.67. The summed E-state index contributed by atoms with van der Waals surface area (Å²) >= 11 is 1.46. The van der Waals surface area contributed by atoms with Gasteiger partial charge in [-0.25, -0.2) is 4.98 Å². The lowest BCUT2D eigenvalue weighted by atomic mass is 10.1. The van der Waals surface area contributed by atoms with Crippen LogP contribution in [0.4, 0.5) is 0 Å². The van der Waals surface area contributed by atoms with Crippen molar-refractivity contribution in [3.05, 3.63) is 39.8 Å². The van der Waals surface area contributed by atoms with E-state index < -0.39 is 0 Å². The summed E-state index contributed by atoms with van der Waals surface area (Å²) in [7, 11) is 3.19. The highest BCUT2D eigenvalue weighted by molar-refractivity contribution is 7.11. The summed E-state index contributed by atoms with van der Waals surface area (Å²) in [5.74, 6) is 1.37. The van der Waals surface area contributed by atoms with Crippen LogP contribution in [-0.4, -0.2) is 19.2 Å². The van der Waals surface area contributed by atoms with Gasteiger partial charge in [-0.2, -0.15) is 5.26 Å². The summed E-state index contributed by atoms with van der Waals surface area (Å²) in [5.41, 5.74) is 2.28. The fourth-order valence-electron chi connectivity index (χ4n) is 1.70. The van der Waals surface area contributed by atoms with Crippen molar-refractivity contribution in [2.75, 3.05) is 14.2 Å². The van der Waals surface area contributed by atoms with Crippen molar-refractivity contribution in [2.45, 2.75) is 6.92 Å². The van der Waals surface area contributed by atoms with E-state index in [4.69, 9.17) is 9.47 Å². The Balaban J connectivity index is 2.44. The first-order chi connectivity index (χ1) is 9.66. The maximum atomic E-state index is 9.29. The van der Waals surface area contributed by atoms with Gasteiger partial charge < -0.3 is 9.47 Å². The zero-order valence-electron chi connectivity index (χ0n) is 11.5. The molecule has 4 nitrogen and oxygen atoms in total. The van der Waals surface area contributed by atoms with Crippen LogP contribution in [0.15, 0.2) is 23.6 Å². The molecule has 0 unspecified atom stereocenters. The van der Waals surface area contributed by atoms with Gasteiger partial charge in [-0.1, -0.05) is 0 Å². The summed E-state index contributed by atoms with van der Waals surface area (Å²) in [5, 5.41) is 11.9. The lowest BCUT2D eigenvalue weighted by Gasteiger charge is -2.06. The highest BCUT2D eigenvalue weighted by Crippen LogP contribution is 2.27. The number of allylic oxidation sites excluding steroid dienone is 1. The van der Waals surface area contributed by atoms with Gasteiger partial charge in [-0.3, -0.25) is 0 Å². The number of aromatic nitrogens is 1. The Bertz CT molecular complexity index is 661. The number of nitrogens with zero attached hydrogens (tertiary/aromatic N) is 2. The highest BCUT2D eigenvalue weighted by atomic mass is 32.1. The summed E-state index contributed by atoms with van der Waals surface area (Å²) in [4.78, 5) is 4.33. The first kappa shape index (κ1) is 14.1. The van der Waals surface area contributed by atoms with Crippen molar-refractivity contribution in [1.82, 2.24) is 4.98 Å². The number of rotatable bonds is 4. The molecular weight excluding hydrogens is 272 g/mol. The molecule has 2 rings (SSSR count). The fourth-order valence-corrected chi connectivity index (χ4v) is 2.46. The van der Waals surface area contributed by atoms with Crippen molar-refractivity contribution in [3.63, 3.8) is 0 Å². The Morgan fingerprint density at radius 2 is 1.90 bits per heavy atom. The van der Waals surface area contributed by atoms with Crippen molar-refractivity contribution >= 4 is 23.0 Å². The second-order valence-corrected chi connectivity index (χ2v) is 4.97. The Hall–Kier alpha value is -2.32. The Morgan fingerprint density at radius 1 is 1.25 bits per heavy atom. The molecule has 0 bridgehead atoms. The largest absolute Gasteiger partial charge is 0.497 e. The van der Waals surface area contributed by atoms with Crippen LogP contribution in [0.3, 0.4) is 0 Å².